The van der Waals surface area contributed by atoms with E-state index in [1.54, 1.807) is 16.8 Å². The number of primary sulfonamides is 1. The van der Waals surface area contributed by atoms with E-state index in [0.29, 0.717) is 38.6 Å². The van der Waals surface area contributed by atoms with Gasteiger partial charge < -0.3 is 19.9 Å². The van der Waals surface area contributed by atoms with Crippen LogP contribution in [-0.2, 0) is 14.8 Å². The Kier molecular flexibility index (Phi) is 6.44. The van der Waals surface area contributed by atoms with Crippen molar-refractivity contribution in [2.45, 2.75) is 17.9 Å². The molecule has 1 atom stereocenters. The molecule has 1 aromatic rings. The van der Waals surface area contributed by atoms with E-state index >= 15 is 0 Å². The Bertz CT molecular complexity index is 730. The van der Waals surface area contributed by atoms with Gasteiger partial charge in [-0.3, -0.25) is 0 Å². The third-order valence-electron chi connectivity index (χ3n) is 3.85. The number of nitrogens with two attached hydrogens (primary N) is 1. The lowest BCUT2D eigenvalue weighted by Gasteiger charge is -2.35. The third kappa shape index (κ3) is 5.18. The molecule has 1 unspecified atom stereocenters. The maximum atomic E-state index is 12.2. The van der Waals surface area contributed by atoms with Crippen LogP contribution < -0.4 is 10.5 Å². The van der Waals surface area contributed by atoms with Crippen LogP contribution in [0, 0.1) is 0 Å². The molecule has 2 rings (SSSR count). The first-order chi connectivity index (χ1) is 11.7. The minimum absolute atomic E-state index is 0.0375. The van der Waals surface area contributed by atoms with Gasteiger partial charge in [-0.25, -0.2) is 23.3 Å². The molecule has 0 saturated carbocycles. The summed E-state index contributed by atoms with van der Waals surface area (Å²) in [6.45, 7) is 4.36. The van der Waals surface area contributed by atoms with Crippen LogP contribution in [0.4, 0.5) is 10.6 Å². The van der Waals surface area contributed by atoms with E-state index in [-0.39, 0.29) is 22.1 Å². The Balaban J connectivity index is 1.96. The van der Waals surface area contributed by atoms with Crippen LogP contribution in [-0.4, -0.2) is 75.2 Å². The fraction of sp³-hybridized carbons (Fsp3) is 0.571. The first-order valence-corrected chi connectivity index (χ1v) is 9.68. The lowest BCUT2D eigenvalue weighted by molar-refractivity contribution is -0.0108. The number of halogens is 1. The van der Waals surface area contributed by atoms with Crippen molar-refractivity contribution < 1.29 is 17.9 Å². The minimum atomic E-state index is -3.85. The van der Waals surface area contributed by atoms with Gasteiger partial charge in [0.2, 0.25) is 10.0 Å². The molecule has 2 heterocycles. The number of hydrogen-bond donors (Lipinski definition) is 2. The van der Waals surface area contributed by atoms with Crippen molar-refractivity contribution in [3.63, 3.8) is 0 Å². The molecule has 1 saturated heterocycles. The maximum absolute atomic E-state index is 12.2. The second-order valence-corrected chi connectivity index (χ2v) is 7.63. The number of anilines is 1. The van der Waals surface area contributed by atoms with Gasteiger partial charge in [-0.15, -0.1) is 0 Å². The van der Waals surface area contributed by atoms with Crippen LogP contribution in [0.2, 0.25) is 5.02 Å². The fourth-order valence-corrected chi connectivity index (χ4v) is 3.09. The van der Waals surface area contributed by atoms with Crippen LogP contribution in [0.3, 0.4) is 0 Å². The van der Waals surface area contributed by atoms with Crippen molar-refractivity contribution in [2.24, 2.45) is 5.14 Å². The van der Waals surface area contributed by atoms with E-state index in [0.717, 1.165) is 6.20 Å². The zero-order valence-electron chi connectivity index (χ0n) is 14.1. The molecule has 3 N–H and O–H groups in total. The molecule has 9 nitrogen and oxygen atoms in total. The fourth-order valence-electron chi connectivity index (χ4n) is 2.31. The van der Waals surface area contributed by atoms with Gasteiger partial charge in [0.15, 0.2) is 0 Å². The minimum Gasteiger partial charge on any atom is -0.373 e. The summed E-state index contributed by atoms with van der Waals surface area (Å²) >= 11 is 6.04. The molecule has 11 heteroatoms. The molecule has 2 amide bonds. The Hall–Kier alpha value is -1.62. The number of hydrogen-bond acceptors (Lipinski definition) is 6. The number of morpholine rings is 1. The number of aromatic nitrogens is 1. The lowest BCUT2D eigenvalue weighted by Crippen LogP contribution is -2.51. The number of carbonyl (C=O) groups excluding carboxylic acids is 1. The van der Waals surface area contributed by atoms with Gasteiger partial charge in [0.05, 0.1) is 24.3 Å². The van der Waals surface area contributed by atoms with Crippen molar-refractivity contribution in [1.29, 1.82) is 0 Å². The Labute approximate surface area is 152 Å². The number of rotatable bonds is 5. The summed E-state index contributed by atoms with van der Waals surface area (Å²) in [4.78, 5) is 19.4. The zero-order valence-corrected chi connectivity index (χ0v) is 15.7. The number of nitrogens with one attached hydrogen (secondary N) is 1. The summed E-state index contributed by atoms with van der Waals surface area (Å²) < 4.78 is 28.2. The molecule has 1 aliphatic heterocycles. The van der Waals surface area contributed by atoms with E-state index in [1.165, 1.54) is 6.07 Å². The van der Waals surface area contributed by atoms with Crippen molar-refractivity contribution in [2.75, 3.05) is 45.2 Å². The van der Waals surface area contributed by atoms with Crippen molar-refractivity contribution in [3.05, 3.63) is 17.3 Å². The van der Waals surface area contributed by atoms with Crippen LogP contribution in [0.15, 0.2) is 17.2 Å². The van der Waals surface area contributed by atoms with Gasteiger partial charge in [-0.2, -0.15) is 0 Å². The highest BCUT2D eigenvalue weighted by atomic mass is 35.5. The number of sulfonamides is 1. The van der Waals surface area contributed by atoms with Crippen LogP contribution >= 0.6 is 11.6 Å². The normalized spacial score (nSPS) is 18.1. The molecule has 140 valence electrons. The molecular formula is C14H22ClN5O4S. The van der Waals surface area contributed by atoms with E-state index in [2.05, 4.69) is 10.3 Å². The Morgan fingerprint density at radius 2 is 2.32 bits per heavy atom. The van der Waals surface area contributed by atoms with E-state index in [9.17, 15) is 13.2 Å². The number of ether oxygens (including phenoxy) is 1. The lowest BCUT2D eigenvalue weighted by atomic mass is 10.2. The number of nitrogens with zero attached hydrogens (tertiary/aromatic N) is 3. The molecule has 0 aromatic carbocycles. The topological polar surface area (TPSA) is 118 Å². The highest BCUT2D eigenvalue weighted by Crippen LogP contribution is 2.22. The molecule has 0 aliphatic carbocycles. The van der Waals surface area contributed by atoms with E-state index < -0.39 is 10.0 Å². The highest BCUT2D eigenvalue weighted by Gasteiger charge is 2.26. The summed E-state index contributed by atoms with van der Waals surface area (Å²) in [5.74, 6) is 0.326. The van der Waals surface area contributed by atoms with Crippen molar-refractivity contribution in [3.8, 4) is 0 Å². The Morgan fingerprint density at radius 1 is 1.60 bits per heavy atom. The van der Waals surface area contributed by atoms with Gasteiger partial charge in [0, 0.05) is 32.9 Å². The molecular weight excluding hydrogens is 370 g/mol. The number of carbonyl (C=O) groups is 1. The first kappa shape index (κ1) is 19.7. The van der Waals surface area contributed by atoms with Gasteiger partial charge in [0.1, 0.15) is 10.7 Å². The zero-order chi connectivity index (χ0) is 18.6. The summed E-state index contributed by atoms with van der Waals surface area (Å²) in [5, 5.41) is 8.19. The Morgan fingerprint density at radius 3 is 2.92 bits per heavy atom. The quantitative estimate of drug-likeness (QED) is 0.757. The van der Waals surface area contributed by atoms with Crippen LogP contribution in [0.25, 0.3) is 0 Å². The summed E-state index contributed by atoms with van der Waals surface area (Å²) in [5.41, 5.74) is 0. The highest BCUT2D eigenvalue weighted by molar-refractivity contribution is 7.89. The monoisotopic (exact) mass is 391 g/mol. The molecule has 0 spiro atoms. The summed E-state index contributed by atoms with van der Waals surface area (Å²) in [7, 11) is -2.10. The van der Waals surface area contributed by atoms with Crippen LogP contribution in [0.1, 0.15) is 6.92 Å². The maximum Gasteiger partial charge on any atom is 0.319 e. The van der Waals surface area contributed by atoms with E-state index in [4.69, 9.17) is 21.5 Å². The van der Waals surface area contributed by atoms with Crippen LogP contribution in [0.5, 0.6) is 0 Å². The van der Waals surface area contributed by atoms with Gasteiger partial charge in [-0.05, 0) is 13.0 Å². The molecule has 1 fully saturated rings. The summed E-state index contributed by atoms with van der Waals surface area (Å²) in [6, 6.07) is 1.20. The SMILES string of the molecule is CCN(C)C(=O)N1CCOC(CNc2ncc(S(N)(=O)=O)cc2Cl)C1. The van der Waals surface area contributed by atoms with Gasteiger partial charge in [-0.1, -0.05) is 11.6 Å². The predicted octanol–water partition coefficient (Wildman–Crippen LogP) is 0.567. The second-order valence-electron chi connectivity index (χ2n) is 5.66. The molecule has 25 heavy (non-hydrogen) atoms. The first-order valence-electron chi connectivity index (χ1n) is 7.76. The predicted molar refractivity (Wildman–Crippen MR) is 94.1 cm³/mol. The molecule has 1 aliphatic rings. The molecule has 0 bridgehead atoms. The van der Waals surface area contributed by atoms with Gasteiger partial charge >= 0.3 is 6.03 Å². The largest absolute Gasteiger partial charge is 0.373 e. The van der Waals surface area contributed by atoms with Crippen molar-refractivity contribution >= 4 is 33.5 Å². The average Bonchev–Trinajstić information content (AvgIpc) is 2.58. The van der Waals surface area contributed by atoms with E-state index in [1.807, 2.05) is 6.92 Å². The third-order valence-corrected chi connectivity index (χ3v) is 5.02. The average molecular weight is 392 g/mol. The smallest absolute Gasteiger partial charge is 0.319 e. The van der Waals surface area contributed by atoms with Crippen molar-refractivity contribution in [1.82, 2.24) is 14.8 Å². The summed E-state index contributed by atoms with van der Waals surface area (Å²) in [6.07, 6.45) is 0.913. The van der Waals surface area contributed by atoms with Gasteiger partial charge in [0.25, 0.3) is 0 Å². The molecule has 1 aromatic heterocycles. The standard InChI is InChI=1S/C14H22ClN5O4S/c1-3-19(2)14(21)20-4-5-24-10(9-20)7-17-13-12(15)6-11(8-18-13)25(16,22)23/h6,8,10H,3-5,7,9H2,1-2H3,(H,17,18)(H2,16,22,23). The molecule has 0 radical (unpaired) electrons. The number of pyridine rings is 1. The second kappa shape index (κ2) is 8.17. The number of amides is 2. The number of urea groups is 1.